The summed E-state index contributed by atoms with van der Waals surface area (Å²) in [6, 6.07) is 15.1. The first kappa shape index (κ1) is 33.9. The van der Waals surface area contributed by atoms with E-state index in [0.717, 1.165) is 11.1 Å². The Morgan fingerprint density at radius 3 is 1.31 bits per heavy atom. The van der Waals surface area contributed by atoms with Crippen molar-refractivity contribution in [3.8, 4) is 0 Å². The summed E-state index contributed by atoms with van der Waals surface area (Å²) >= 11 is 0. The number of carbonyl (C=O) groups excluding carboxylic acids is 4. The van der Waals surface area contributed by atoms with Crippen molar-refractivity contribution in [2.24, 2.45) is 11.8 Å². The van der Waals surface area contributed by atoms with E-state index in [1.807, 2.05) is 88.4 Å². The molecule has 0 radical (unpaired) electrons. The van der Waals surface area contributed by atoms with E-state index in [0.29, 0.717) is 12.8 Å². The highest BCUT2D eigenvalue weighted by Crippen LogP contribution is 2.22. The number of nitrogens with one attached hydrogen (secondary N) is 4. The van der Waals surface area contributed by atoms with E-state index >= 15 is 0 Å². The fourth-order valence-corrected chi connectivity index (χ4v) is 5.62. The Kier molecular flexibility index (Phi) is 10.9. The van der Waals surface area contributed by atoms with E-state index in [1.54, 1.807) is 0 Å². The maximum Gasteiger partial charge on any atom is 0.248 e. The minimum absolute atomic E-state index is 0.0848. The monoisotopic (exact) mass is 654 g/mol. The number of carbonyl (C=O) groups is 4. The van der Waals surface area contributed by atoms with Crippen LogP contribution in [-0.4, -0.2) is 65.7 Å². The second-order valence-corrected chi connectivity index (χ2v) is 12.9. The normalized spacial score (nSPS) is 20.8. The molecule has 0 spiro atoms. The van der Waals surface area contributed by atoms with Crippen LogP contribution in [0, 0.1) is 11.8 Å². The maximum atomic E-state index is 13.9. The van der Waals surface area contributed by atoms with Crippen molar-refractivity contribution in [3.05, 3.63) is 84.2 Å². The summed E-state index contributed by atoms with van der Waals surface area (Å²) in [7, 11) is 0. The third kappa shape index (κ3) is 8.90. The molecule has 0 saturated heterocycles. The van der Waals surface area contributed by atoms with Crippen molar-refractivity contribution in [2.45, 2.75) is 77.5 Å². The van der Waals surface area contributed by atoms with Crippen LogP contribution in [0.2, 0.25) is 0 Å². The van der Waals surface area contributed by atoms with Gasteiger partial charge in [-0.2, -0.15) is 0 Å². The van der Waals surface area contributed by atoms with E-state index in [-0.39, 0.29) is 36.3 Å². The summed E-state index contributed by atoms with van der Waals surface area (Å²) in [4.78, 5) is 55.2. The molecule has 4 N–H and O–H groups in total. The van der Waals surface area contributed by atoms with Gasteiger partial charge in [0.2, 0.25) is 23.6 Å². The lowest BCUT2D eigenvalue weighted by atomic mass is 10.0. The van der Waals surface area contributed by atoms with Crippen LogP contribution in [-0.2, 0) is 32.0 Å². The van der Waals surface area contributed by atoms with Gasteiger partial charge < -0.3 is 21.3 Å². The molecule has 0 unspecified atom stereocenters. The van der Waals surface area contributed by atoms with Gasteiger partial charge in [-0.1, -0.05) is 98.8 Å². The van der Waals surface area contributed by atoms with E-state index in [9.17, 15) is 19.2 Å². The first-order valence-corrected chi connectivity index (χ1v) is 16.2. The first-order valence-electron chi connectivity index (χ1n) is 16.2. The second kappa shape index (κ2) is 15.5. The average molecular weight is 655 g/mol. The fourth-order valence-electron chi connectivity index (χ4n) is 5.62. The molecule has 2 aromatic carbocycles. The molecule has 4 bridgehead atoms. The van der Waals surface area contributed by atoms with Crippen LogP contribution in [0.5, 0.6) is 0 Å². The molecule has 1 aliphatic rings. The molecular formula is C34H42N10O4. The fraction of sp³-hybridized carbons (Fsp3) is 0.412. The number of aromatic nitrogens is 6. The maximum absolute atomic E-state index is 13.9. The summed E-state index contributed by atoms with van der Waals surface area (Å²) in [5.74, 6) is -1.45. The standard InChI is InChI=1S/C34H42N10O4/c1-21(2)15-27-33(47)35-25(17-23-11-7-5-8-12-23)31(45)38-30-20-44(42-40-30)28(16-22(3)4)34(48)36-26(18-24-13-9-6-10-14-24)32(46)37-29-19-43(27)41-39-29/h5-14,19-22,25-28H,15-18H2,1-4H3,(H,35,47)(H,36,48)(H,37,46)(H,38,45)/t25-,26-,27+,28+/m0/s1. The van der Waals surface area contributed by atoms with Crippen molar-refractivity contribution >= 4 is 35.3 Å². The van der Waals surface area contributed by atoms with Gasteiger partial charge in [-0.15, -0.1) is 10.2 Å². The van der Waals surface area contributed by atoms with Gasteiger partial charge in [-0.05, 0) is 35.8 Å². The number of rotatable bonds is 8. The molecular weight excluding hydrogens is 612 g/mol. The number of benzene rings is 2. The summed E-state index contributed by atoms with van der Waals surface area (Å²) in [6.07, 6.45) is 4.16. The Labute approximate surface area is 279 Å². The molecule has 2 aromatic heterocycles. The lowest BCUT2D eigenvalue weighted by Gasteiger charge is -2.24. The highest BCUT2D eigenvalue weighted by Gasteiger charge is 2.32. The first-order chi connectivity index (χ1) is 23.0. The van der Waals surface area contributed by atoms with Crippen LogP contribution in [0.25, 0.3) is 0 Å². The smallest absolute Gasteiger partial charge is 0.248 e. The minimum Gasteiger partial charge on any atom is -0.342 e. The van der Waals surface area contributed by atoms with Crippen molar-refractivity contribution in [3.63, 3.8) is 0 Å². The van der Waals surface area contributed by atoms with Gasteiger partial charge in [0.15, 0.2) is 11.6 Å². The zero-order valence-electron chi connectivity index (χ0n) is 27.5. The molecule has 0 aliphatic carbocycles. The molecule has 48 heavy (non-hydrogen) atoms. The third-order valence-corrected chi connectivity index (χ3v) is 7.99. The highest BCUT2D eigenvalue weighted by molar-refractivity contribution is 5.98. The Morgan fingerprint density at radius 1 is 0.583 bits per heavy atom. The number of nitrogens with zero attached hydrogens (tertiary/aromatic N) is 6. The van der Waals surface area contributed by atoms with Gasteiger partial charge >= 0.3 is 0 Å². The lowest BCUT2D eigenvalue weighted by molar-refractivity contribution is -0.129. The van der Waals surface area contributed by atoms with Crippen LogP contribution < -0.4 is 21.3 Å². The van der Waals surface area contributed by atoms with E-state index in [2.05, 4.69) is 41.9 Å². The largest absolute Gasteiger partial charge is 0.342 e. The molecule has 14 heteroatoms. The van der Waals surface area contributed by atoms with Crippen LogP contribution in [0.3, 0.4) is 0 Å². The van der Waals surface area contributed by atoms with Crippen molar-refractivity contribution in [1.29, 1.82) is 0 Å². The summed E-state index contributed by atoms with van der Waals surface area (Å²) in [6.45, 7) is 7.89. The second-order valence-electron chi connectivity index (χ2n) is 12.9. The number of anilines is 2. The Bertz CT molecular complexity index is 1580. The van der Waals surface area contributed by atoms with E-state index < -0.39 is 47.8 Å². The quantitative estimate of drug-likeness (QED) is 0.224. The van der Waals surface area contributed by atoms with Crippen molar-refractivity contribution in [2.75, 3.05) is 10.6 Å². The zero-order valence-corrected chi connectivity index (χ0v) is 27.5. The van der Waals surface area contributed by atoms with Gasteiger partial charge in [0.25, 0.3) is 0 Å². The molecule has 4 aromatic rings. The number of hydrogen-bond acceptors (Lipinski definition) is 8. The van der Waals surface area contributed by atoms with Gasteiger partial charge in [0.1, 0.15) is 24.2 Å². The molecule has 0 saturated carbocycles. The molecule has 0 fully saturated rings. The molecule has 14 nitrogen and oxygen atoms in total. The summed E-state index contributed by atoms with van der Waals surface area (Å²) in [5, 5.41) is 28.0. The molecule has 4 amide bonds. The van der Waals surface area contributed by atoms with Gasteiger partial charge in [-0.3, -0.25) is 19.2 Å². The van der Waals surface area contributed by atoms with E-state index in [1.165, 1.54) is 21.8 Å². The van der Waals surface area contributed by atoms with E-state index in [4.69, 9.17) is 0 Å². The summed E-state index contributed by atoms with van der Waals surface area (Å²) < 4.78 is 2.78. The number of amides is 4. The Balaban J connectivity index is 1.53. The topological polar surface area (TPSA) is 178 Å². The molecule has 3 heterocycles. The molecule has 1 aliphatic heterocycles. The number of hydrogen-bond donors (Lipinski definition) is 4. The Morgan fingerprint density at radius 2 is 0.958 bits per heavy atom. The molecule has 4 atom stereocenters. The van der Waals surface area contributed by atoms with Crippen molar-refractivity contribution in [1.82, 2.24) is 40.6 Å². The molecule has 252 valence electrons. The van der Waals surface area contributed by atoms with Gasteiger partial charge in [0, 0.05) is 12.8 Å². The SMILES string of the molecule is CC(C)C[C@@H]1C(=O)N[C@@H](Cc2ccccc2)C(=O)Nc2cn(nn2)[C@H](CC(C)C)C(=O)N[C@@H](Cc2ccccc2)C(=O)Nc2cn1nn2. The van der Waals surface area contributed by atoms with Crippen molar-refractivity contribution < 1.29 is 19.2 Å². The predicted octanol–water partition coefficient (Wildman–Crippen LogP) is 3.09. The lowest BCUT2D eigenvalue weighted by Crippen LogP contribution is -2.48. The van der Waals surface area contributed by atoms with Crippen LogP contribution in [0.4, 0.5) is 11.6 Å². The van der Waals surface area contributed by atoms with Crippen LogP contribution in [0.15, 0.2) is 73.1 Å². The minimum atomic E-state index is -0.977. The number of fused-ring (bicyclic) bond motifs is 4. The highest BCUT2D eigenvalue weighted by atomic mass is 16.2. The summed E-state index contributed by atoms with van der Waals surface area (Å²) in [5.41, 5.74) is 1.68. The van der Waals surface area contributed by atoms with Gasteiger partial charge in [-0.25, -0.2) is 9.36 Å². The van der Waals surface area contributed by atoms with Gasteiger partial charge in [0.05, 0.1) is 12.4 Å². The Hall–Kier alpha value is -5.40. The predicted molar refractivity (Wildman–Crippen MR) is 178 cm³/mol. The zero-order chi connectivity index (χ0) is 34.2. The molecule has 5 rings (SSSR count). The van der Waals surface area contributed by atoms with Crippen LogP contribution >= 0.6 is 0 Å². The van der Waals surface area contributed by atoms with Crippen LogP contribution in [0.1, 0.15) is 63.7 Å². The average Bonchev–Trinajstić information content (AvgIpc) is 3.72. The third-order valence-electron chi connectivity index (χ3n) is 7.99.